The third kappa shape index (κ3) is 3.04. The average molecular weight is 324 g/mol. The van der Waals surface area contributed by atoms with Gasteiger partial charge in [-0.3, -0.25) is 0 Å². The number of halogens is 2. The number of nitrogens with zero attached hydrogens (tertiary/aromatic N) is 2. The summed E-state index contributed by atoms with van der Waals surface area (Å²) in [7, 11) is 0. The molecule has 0 amide bonds. The molecule has 5 heteroatoms. The minimum absolute atomic E-state index is 0.227. The van der Waals surface area contributed by atoms with Gasteiger partial charge in [-0.15, -0.1) is 0 Å². The van der Waals surface area contributed by atoms with Crippen LogP contribution in [0.2, 0.25) is 0 Å². The number of aromatic nitrogens is 2. The summed E-state index contributed by atoms with van der Waals surface area (Å²) in [5.74, 6) is 0.762. The smallest absolute Gasteiger partial charge is 0.137 e. The molecule has 0 saturated heterocycles. The van der Waals surface area contributed by atoms with Crippen molar-refractivity contribution in [3.8, 4) is 0 Å². The summed E-state index contributed by atoms with van der Waals surface area (Å²) >= 11 is 3.30. The second kappa shape index (κ2) is 5.43. The van der Waals surface area contributed by atoms with E-state index in [0.29, 0.717) is 17.1 Å². The highest BCUT2D eigenvalue weighted by molar-refractivity contribution is 9.10. The summed E-state index contributed by atoms with van der Waals surface area (Å²) in [5, 5.41) is 3.44. The first-order valence-electron chi connectivity index (χ1n) is 6.40. The predicted octanol–water partition coefficient (Wildman–Crippen LogP) is 3.09. The van der Waals surface area contributed by atoms with E-state index in [1.54, 1.807) is 12.3 Å². The molecule has 3 nitrogen and oxygen atoms in total. The van der Waals surface area contributed by atoms with Crippen LogP contribution in [0, 0.1) is 5.82 Å². The van der Waals surface area contributed by atoms with E-state index in [1.807, 2.05) is 12.3 Å². The Bertz CT molecular complexity index is 578. The van der Waals surface area contributed by atoms with Gasteiger partial charge in [0.2, 0.25) is 0 Å². The fourth-order valence-corrected chi connectivity index (χ4v) is 2.42. The molecular formula is C14H15BrFN3. The van der Waals surface area contributed by atoms with Gasteiger partial charge in [-0.1, -0.05) is 12.1 Å². The molecule has 19 heavy (non-hydrogen) atoms. The van der Waals surface area contributed by atoms with Crippen LogP contribution in [-0.2, 0) is 13.1 Å². The van der Waals surface area contributed by atoms with Crippen molar-refractivity contribution in [2.45, 2.75) is 32.0 Å². The molecule has 0 unspecified atom stereocenters. The lowest BCUT2D eigenvalue weighted by molar-refractivity contribution is 0.604. The lowest BCUT2D eigenvalue weighted by Gasteiger charge is -2.10. The van der Waals surface area contributed by atoms with Crippen molar-refractivity contribution in [2.24, 2.45) is 0 Å². The first-order chi connectivity index (χ1) is 9.24. The van der Waals surface area contributed by atoms with Crippen LogP contribution in [0.15, 0.2) is 35.1 Å². The van der Waals surface area contributed by atoms with Crippen LogP contribution in [0.5, 0.6) is 0 Å². The number of nitrogens with one attached hydrogen (secondary N) is 1. The van der Waals surface area contributed by atoms with E-state index in [0.717, 1.165) is 17.9 Å². The molecule has 3 rings (SSSR count). The lowest BCUT2D eigenvalue weighted by Crippen LogP contribution is -2.19. The summed E-state index contributed by atoms with van der Waals surface area (Å²) in [4.78, 5) is 4.36. The highest BCUT2D eigenvalue weighted by Gasteiger charge is 2.20. The zero-order valence-corrected chi connectivity index (χ0v) is 12.0. The Labute approximate surface area is 120 Å². The fraction of sp³-hybridized carbons (Fsp3) is 0.357. The first-order valence-corrected chi connectivity index (χ1v) is 7.19. The van der Waals surface area contributed by atoms with E-state index >= 15 is 0 Å². The SMILES string of the molecule is Fc1cccc(Cn2ccnc2CNC2CC2)c1Br. The van der Waals surface area contributed by atoms with Crippen LogP contribution < -0.4 is 5.32 Å². The third-order valence-corrected chi connectivity index (χ3v) is 4.19. The molecule has 1 saturated carbocycles. The van der Waals surface area contributed by atoms with Gasteiger partial charge in [0.1, 0.15) is 11.6 Å². The molecule has 2 aromatic rings. The molecule has 100 valence electrons. The Morgan fingerprint density at radius 2 is 2.26 bits per heavy atom. The van der Waals surface area contributed by atoms with Gasteiger partial charge in [0, 0.05) is 18.4 Å². The minimum Gasteiger partial charge on any atom is -0.329 e. The van der Waals surface area contributed by atoms with Crippen molar-refractivity contribution < 1.29 is 4.39 Å². The molecule has 0 aliphatic heterocycles. The van der Waals surface area contributed by atoms with Gasteiger partial charge in [0.15, 0.2) is 0 Å². The van der Waals surface area contributed by atoms with Crippen LogP contribution in [0.4, 0.5) is 4.39 Å². The van der Waals surface area contributed by atoms with E-state index in [2.05, 4.69) is 30.8 Å². The summed E-state index contributed by atoms with van der Waals surface area (Å²) in [5.41, 5.74) is 0.922. The highest BCUT2D eigenvalue weighted by atomic mass is 79.9. The molecular weight excluding hydrogens is 309 g/mol. The Kier molecular flexibility index (Phi) is 3.66. The first kappa shape index (κ1) is 12.8. The topological polar surface area (TPSA) is 29.9 Å². The zero-order valence-electron chi connectivity index (χ0n) is 10.4. The van der Waals surface area contributed by atoms with Gasteiger partial charge >= 0.3 is 0 Å². The number of imidazole rings is 1. The average Bonchev–Trinajstić information content (AvgIpc) is 3.13. The van der Waals surface area contributed by atoms with Crippen molar-refractivity contribution in [1.82, 2.24) is 14.9 Å². The van der Waals surface area contributed by atoms with Gasteiger partial charge in [-0.25, -0.2) is 9.37 Å². The van der Waals surface area contributed by atoms with Gasteiger partial charge in [-0.05, 0) is 40.4 Å². The van der Waals surface area contributed by atoms with Crippen molar-refractivity contribution in [3.63, 3.8) is 0 Å². The number of rotatable bonds is 5. The lowest BCUT2D eigenvalue weighted by atomic mass is 10.2. The van der Waals surface area contributed by atoms with E-state index in [-0.39, 0.29) is 5.82 Å². The number of hydrogen-bond acceptors (Lipinski definition) is 2. The molecule has 1 N–H and O–H groups in total. The van der Waals surface area contributed by atoms with Gasteiger partial charge in [0.05, 0.1) is 17.6 Å². The predicted molar refractivity (Wildman–Crippen MR) is 75.3 cm³/mol. The van der Waals surface area contributed by atoms with E-state index < -0.39 is 0 Å². The van der Waals surface area contributed by atoms with Gasteiger partial charge in [-0.2, -0.15) is 0 Å². The van der Waals surface area contributed by atoms with Crippen LogP contribution in [0.1, 0.15) is 24.2 Å². The number of hydrogen-bond donors (Lipinski definition) is 1. The van der Waals surface area contributed by atoms with E-state index in [1.165, 1.54) is 18.9 Å². The molecule has 0 spiro atoms. The fourth-order valence-electron chi connectivity index (χ4n) is 2.03. The molecule has 0 radical (unpaired) electrons. The minimum atomic E-state index is -0.227. The Morgan fingerprint density at radius 3 is 3.05 bits per heavy atom. The monoisotopic (exact) mass is 323 g/mol. The van der Waals surface area contributed by atoms with Crippen molar-refractivity contribution in [2.75, 3.05) is 0 Å². The maximum Gasteiger partial charge on any atom is 0.137 e. The van der Waals surface area contributed by atoms with Gasteiger partial charge in [0.25, 0.3) is 0 Å². The summed E-state index contributed by atoms with van der Waals surface area (Å²) < 4.78 is 16.1. The molecule has 1 heterocycles. The molecule has 1 aromatic heterocycles. The van der Waals surface area contributed by atoms with E-state index in [4.69, 9.17) is 0 Å². The van der Waals surface area contributed by atoms with Crippen LogP contribution in [-0.4, -0.2) is 15.6 Å². The van der Waals surface area contributed by atoms with Crippen LogP contribution >= 0.6 is 15.9 Å². The second-order valence-electron chi connectivity index (χ2n) is 4.84. The standard InChI is InChI=1S/C14H15BrFN3/c15-14-10(2-1-3-12(14)16)9-19-7-6-17-13(19)8-18-11-4-5-11/h1-3,6-7,11,18H,4-5,8-9H2. The second-order valence-corrected chi connectivity index (χ2v) is 5.63. The van der Waals surface area contributed by atoms with Crippen LogP contribution in [0.3, 0.4) is 0 Å². The highest BCUT2D eigenvalue weighted by Crippen LogP contribution is 2.22. The quantitative estimate of drug-likeness (QED) is 0.916. The van der Waals surface area contributed by atoms with E-state index in [9.17, 15) is 4.39 Å². The molecule has 1 aromatic carbocycles. The molecule has 0 atom stereocenters. The Balaban J connectivity index is 1.75. The molecule has 1 aliphatic rings. The zero-order chi connectivity index (χ0) is 13.2. The largest absolute Gasteiger partial charge is 0.329 e. The molecule has 1 fully saturated rings. The normalized spacial score (nSPS) is 14.8. The summed E-state index contributed by atoms with van der Waals surface area (Å²) in [6.45, 7) is 1.39. The number of benzene rings is 1. The molecule has 0 bridgehead atoms. The Hall–Kier alpha value is -1.20. The van der Waals surface area contributed by atoms with Crippen molar-refractivity contribution in [1.29, 1.82) is 0 Å². The summed E-state index contributed by atoms with van der Waals surface area (Å²) in [6, 6.07) is 5.77. The maximum atomic E-state index is 13.5. The van der Waals surface area contributed by atoms with Gasteiger partial charge < -0.3 is 9.88 Å². The van der Waals surface area contributed by atoms with Crippen LogP contribution in [0.25, 0.3) is 0 Å². The molecule has 1 aliphatic carbocycles. The van der Waals surface area contributed by atoms with Crippen molar-refractivity contribution in [3.05, 3.63) is 52.3 Å². The maximum absolute atomic E-state index is 13.5. The third-order valence-electron chi connectivity index (χ3n) is 3.30. The Morgan fingerprint density at radius 1 is 1.42 bits per heavy atom. The van der Waals surface area contributed by atoms with Crippen molar-refractivity contribution >= 4 is 15.9 Å². The summed E-state index contributed by atoms with van der Waals surface area (Å²) in [6.07, 6.45) is 6.24.